The summed E-state index contributed by atoms with van der Waals surface area (Å²) in [5, 5.41) is 4.03. The number of hydrogen-bond donors (Lipinski definition) is 1. The maximum Gasteiger partial charge on any atom is 0.269 e. The van der Waals surface area contributed by atoms with E-state index in [4.69, 9.17) is 5.73 Å². The van der Waals surface area contributed by atoms with Crippen molar-refractivity contribution in [2.45, 2.75) is 0 Å². The summed E-state index contributed by atoms with van der Waals surface area (Å²) in [5.74, 6) is -0.505. The van der Waals surface area contributed by atoms with E-state index >= 15 is 0 Å². The van der Waals surface area contributed by atoms with Crippen LogP contribution in [0.4, 0.5) is 0 Å². The number of hydrogen-bond acceptors (Lipinski definition) is 2. The van der Waals surface area contributed by atoms with Gasteiger partial charge in [0.15, 0.2) is 5.69 Å². The number of benzene rings is 1. The summed E-state index contributed by atoms with van der Waals surface area (Å²) < 4.78 is 1.59. The van der Waals surface area contributed by atoms with E-state index in [1.807, 2.05) is 30.3 Å². The molecule has 0 saturated carbocycles. The molecular weight excluding hydrogens is 190 g/mol. The number of aromatic nitrogens is 2. The SMILES string of the molecule is Cn1cc(-c2ccccc2)c(C(N)=O)n1. The van der Waals surface area contributed by atoms with Gasteiger partial charge in [-0.15, -0.1) is 0 Å². The molecule has 76 valence electrons. The molecule has 2 N–H and O–H groups in total. The van der Waals surface area contributed by atoms with Crippen molar-refractivity contribution in [1.82, 2.24) is 9.78 Å². The van der Waals surface area contributed by atoms with Crippen LogP contribution in [0.15, 0.2) is 36.5 Å². The van der Waals surface area contributed by atoms with E-state index in [1.54, 1.807) is 17.9 Å². The smallest absolute Gasteiger partial charge is 0.269 e. The number of nitrogens with zero attached hydrogens (tertiary/aromatic N) is 2. The molecular formula is C11H11N3O. The first-order valence-electron chi connectivity index (χ1n) is 4.57. The second kappa shape index (κ2) is 3.57. The van der Waals surface area contributed by atoms with Gasteiger partial charge in [-0.25, -0.2) is 0 Å². The van der Waals surface area contributed by atoms with Gasteiger partial charge >= 0.3 is 0 Å². The fourth-order valence-corrected chi connectivity index (χ4v) is 1.50. The highest BCUT2D eigenvalue weighted by molar-refractivity contribution is 5.97. The van der Waals surface area contributed by atoms with Crippen molar-refractivity contribution in [3.63, 3.8) is 0 Å². The van der Waals surface area contributed by atoms with Gasteiger partial charge in [0.1, 0.15) is 0 Å². The van der Waals surface area contributed by atoms with Crippen LogP contribution in [0.3, 0.4) is 0 Å². The maximum atomic E-state index is 11.2. The fourth-order valence-electron chi connectivity index (χ4n) is 1.50. The minimum Gasteiger partial charge on any atom is -0.364 e. The summed E-state index contributed by atoms with van der Waals surface area (Å²) in [7, 11) is 1.76. The molecule has 0 radical (unpaired) electrons. The number of amides is 1. The summed E-state index contributed by atoms with van der Waals surface area (Å²) in [4.78, 5) is 11.2. The Balaban J connectivity index is 2.58. The quantitative estimate of drug-likeness (QED) is 0.793. The molecule has 4 heteroatoms. The average molecular weight is 201 g/mol. The molecule has 0 fully saturated rings. The Hall–Kier alpha value is -2.10. The first-order valence-corrected chi connectivity index (χ1v) is 4.57. The zero-order valence-corrected chi connectivity index (χ0v) is 8.34. The summed E-state index contributed by atoms with van der Waals surface area (Å²) in [5.41, 5.74) is 7.27. The number of carbonyl (C=O) groups excluding carboxylic acids is 1. The van der Waals surface area contributed by atoms with Gasteiger partial charge in [0, 0.05) is 18.8 Å². The van der Waals surface area contributed by atoms with Gasteiger partial charge in [0.05, 0.1) is 0 Å². The molecule has 1 amide bonds. The highest BCUT2D eigenvalue weighted by Gasteiger charge is 2.13. The van der Waals surface area contributed by atoms with E-state index in [0.717, 1.165) is 11.1 Å². The summed E-state index contributed by atoms with van der Waals surface area (Å²) >= 11 is 0. The third-order valence-corrected chi connectivity index (χ3v) is 2.15. The molecule has 1 aromatic carbocycles. The topological polar surface area (TPSA) is 60.9 Å². The van der Waals surface area contributed by atoms with Crippen molar-refractivity contribution in [1.29, 1.82) is 0 Å². The lowest BCUT2D eigenvalue weighted by Gasteiger charge is -1.97. The Morgan fingerprint density at radius 3 is 2.60 bits per heavy atom. The zero-order valence-electron chi connectivity index (χ0n) is 8.34. The standard InChI is InChI=1S/C11H11N3O/c1-14-7-9(10(13-14)11(12)15)8-5-3-2-4-6-8/h2-7H,1H3,(H2,12,15). The van der Waals surface area contributed by atoms with Gasteiger partial charge < -0.3 is 5.73 Å². The maximum absolute atomic E-state index is 11.2. The molecule has 4 nitrogen and oxygen atoms in total. The number of carbonyl (C=O) groups is 1. The molecule has 0 unspecified atom stereocenters. The van der Waals surface area contributed by atoms with Gasteiger partial charge in [-0.05, 0) is 5.56 Å². The summed E-state index contributed by atoms with van der Waals surface area (Å²) in [6.07, 6.45) is 1.79. The minimum absolute atomic E-state index is 0.309. The Morgan fingerprint density at radius 2 is 2.00 bits per heavy atom. The molecule has 1 heterocycles. The number of aryl methyl sites for hydroxylation is 1. The second-order valence-corrected chi connectivity index (χ2v) is 3.30. The molecule has 2 rings (SSSR count). The van der Waals surface area contributed by atoms with Crippen LogP contribution in [0.1, 0.15) is 10.5 Å². The van der Waals surface area contributed by atoms with Crippen molar-refractivity contribution in [3.05, 3.63) is 42.2 Å². The lowest BCUT2D eigenvalue weighted by molar-refractivity contribution is 0.0995. The van der Waals surface area contributed by atoms with Gasteiger partial charge in [-0.1, -0.05) is 30.3 Å². The summed E-state index contributed by atoms with van der Waals surface area (Å²) in [6, 6.07) is 9.58. The van der Waals surface area contributed by atoms with E-state index < -0.39 is 5.91 Å². The van der Waals surface area contributed by atoms with Crippen LogP contribution in [0.5, 0.6) is 0 Å². The van der Waals surface area contributed by atoms with Gasteiger partial charge in [0.2, 0.25) is 0 Å². The molecule has 0 aliphatic carbocycles. The van der Waals surface area contributed by atoms with Gasteiger partial charge in [0.25, 0.3) is 5.91 Å². The third kappa shape index (κ3) is 1.74. The van der Waals surface area contributed by atoms with Crippen LogP contribution < -0.4 is 5.73 Å². The second-order valence-electron chi connectivity index (χ2n) is 3.30. The van der Waals surface area contributed by atoms with Crippen molar-refractivity contribution >= 4 is 5.91 Å². The van der Waals surface area contributed by atoms with Crippen LogP contribution in [0.25, 0.3) is 11.1 Å². The first-order chi connectivity index (χ1) is 7.18. The summed E-state index contributed by atoms with van der Waals surface area (Å²) in [6.45, 7) is 0. The van der Waals surface area contributed by atoms with E-state index in [9.17, 15) is 4.79 Å². The highest BCUT2D eigenvalue weighted by Crippen LogP contribution is 2.21. The molecule has 0 atom stereocenters. The Bertz CT molecular complexity index is 488. The van der Waals surface area contributed by atoms with Gasteiger partial charge in [-0.3, -0.25) is 9.48 Å². The predicted molar refractivity (Wildman–Crippen MR) is 57.2 cm³/mol. The largest absolute Gasteiger partial charge is 0.364 e. The molecule has 0 spiro atoms. The predicted octanol–water partition coefficient (Wildman–Crippen LogP) is 1.19. The van der Waals surface area contributed by atoms with Crippen LogP contribution in [-0.4, -0.2) is 15.7 Å². The molecule has 0 bridgehead atoms. The Morgan fingerprint density at radius 1 is 1.33 bits per heavy atom. The molecule has 2 aromatic rings. The number of rotatable bonds is 2. The van der Waals surface area contributed by atoms with E-state index in [2.05, 4.69) is 5.10 Å². The fraction of sp³-hybridized carbons (Fsp3) is 0.0909. The zero-order chi connectivity index (χ0) is 10.8. The highest BCUT2D eigenvalue weighted by atomic mass is 16.1. The molecule has 1 aromatic heterocycles. The van der Waals surface area contributed by atoms with Crippen LogP contribution in [0, 0.1) is 0 Å². The van der Waals surface area contributed by atoms with Crippen molar-refractivity contribution in [2.75, 3.05) is 0 Å². The number of nitrogens with two attached hydrogens (primary N) is 1. The van der Waals surface area contributed by atoms with E-state index in [0.29, 0.717) is 5.69 Å². The van der Waals surface area contributed by atoms with Crippen LogP contribution >= 0.6 is 0 Å². The monoisotopic (exact) mass is 201 g/mol. The lowest BCUT2D eigenvalue weighted by atomic mass is 10.1. The first kappa shape index (κ1) is 9.45. The lowest BCUT2D eigenvalue weighted by Crippen LogP contribution is -2.13. The normalized spacial score (nSPS) is 10.2. The molecule has 0 aliphatic rings. The molecule has 0 aliphatic heterocycles. The average Bonchev–Trinajstić information content (AvgIpc) is 2.62. The van der Waals surface area contributed by atoms with Crippen molar-refractivity contribution in [3.8, 4) is 11.1 Å². The molecule has 0 saturated heterocycles. The minimum atomic E-state index is -0.505. The van der Waals surface area contributed by atoms with Crippen molar-refractivity contribution < 1.29 is 4.79 Å². The Labute approximate surface area is 87.3 Å². The van der Waals surface area contributed by atoms with E-state index in [-0.39, 0.29) is 0 Å². The van der Waals surface area contributed by atoms with Gasteiger partial charge in [-0.2, -0.15) is 5.10 Å². The van der Waals surface area contributed by atoms with Crippen LogP contribution in [-0.2, 0) is 7.05 Å². The van der Waals surface area contributed by atoms with Crippen molar-refractivity contribution in [2.24, 2.45) is 12.8 Å². The molecule has 15 heavy (non-hydrogen) atoms. The Kier molecular flexibility index (Phi) is 2.25. The number of primary amides is 1. The van der Waals surface area contributed by atoms with Crippen LogP contribution in [0.2, 0.25) is 0 Å². The van der Waals surface area contributed by atoms with E-state index in [1.165, 1.54) is 0 Å². The third-order valence-electron chi connectivity index (χ3n) is 2.15.